The fourth-order valence-electron chi connectivity index (χ4n) is 4.22. The van der Waals surface area contributed by atoms with Gasteiger partial charge in [0.25, 0.3) is 11.8 Å². The number of amides is 2. The van der Waals surface area contributed by atoms with E-state index >= 15 is 0 Å². The first-order valence-electron chi connectivity index (χ1n) is 11.6. The van der Waals surface area contributed by atoms with Crippen LogP contribution in [0.15, 0.2) is 79.3 Å². The Morgan fingerprint density at radius 2 is 1.83 bits per heavy atom. The summed E-state index contributed by atoms with van der Waals surface area (Å²) in [5.41, 5.74) is 3.51. The van der Waals surface area contributed by atoms with Gasteiger partial charge in [0.2, 0.25) is 0 Å². The van der Waals surface area contributed by atoms with Crippen LogP contribution in [0.4, 0.5) is 5.69 Å². The molecular formula is C27H26N6O2. The first-order chi connectivity index (χ1) is 17.0. The van der Waals surface area contributed by atoms with Gasteiger partial charge >= 0.3 is 0 Å². The molecule has 2 aromatic carbocycles. The van der Waals surface area contributed by atoms with Crippen molar-refractivity contribution in [3.63, 3.8) is 0 Å². The zero-order valence-corrected chi connectivity index (χ0v) is 19.6. The molecule has 0 unspecified atom stereocenters. The highest BCUT2D eigenvalue weighted by Gasteiger charge is 2.37. The molecule has 8 heteroatoms. The first-order valence-corrected chi connectivity index (χ1v) is 11.6. The lowest BCUT2D eigenvalue weighted by Gasteiger charge is -2.17. The predicted octanol–water partition coefficient (Wildman–Crippen LogP) is 3.98. The molecular weight excluding hydrogens is 440 g/mol. The minimum absolute atomic E-state index is 0.165. The SMILES string of the molecule is CC(C)n1cnc([C@@H]2CN(C(=O)c3ccccn3)c3ccc(C(=O)NCc4ccccc4)cc32)n1. The normalized spacial score (nSPS) is 14.7. The van der Waals surface area contributed by atoms with E-state index in [0.29, 0.717) is 30.2 Å². The van der Waals surface area contributed by atoms with Gasteiger partial charge in [0.05, 0.1) is 5.92 Å². The minimum Gasteiger partial charge on any atom is -0.348 e. The summed E-state index contributed by atoms with van der Waals surface area (Å²) in [5.74, 6) is 0.00199. The van der Waals surface area contributed by atoms with Crippen LogP contribution in [0.2, 0.25) is 0 Å². The summed E-state index contributed by atoms with van der Waals surface area (Å²) in [7, 11) is 0. The van der Waals surface area contributed by atoms with Gasteiger partial charge in [0.1, 0.15) is 12.0 Å². The number of pyridine rings is 1. The van der Waals surface area contributed by atoms with Crippen LogP contribution in [0.1, 0.15) is 63.6 Å². The number of nitrogens with zero attached hydrogens (tertiary/aromatic N) is 5. The first kappa shape index (κ1) is 22.5. The van der Waals surface area contributed by atoms with Gasteiger partial charge in [0, 0.05) is 36.6 Å². The molecule has 0 fully saturated rings. The Morgan fingerprint density at radius 1 is 1.03 bits per heavy atom. The average molecular weight is 467 g/mol. The zero-order valence-electron chi connectivity index (χ0n) is 19.6. The Morgan fingerprint density at radius 3 is 2.54 bits per heavy atom. The van der Waals surface area contributed by atoms with Gasteiger partial charge in [-0.2, -0.15) is 5.10 Å². The number of nitrogens with one attached hydrogen (secondary N) is 1. The number of hydrogen-bond donors (Lipinski definition) is 1. The van der Waals surface area contributed by atoms with Crippen molar-refractivity contribution in [3.05, 3.63) is 107 Å². The smallest absolute Gasteiger partial charge is 0.276 e. The molecule has 0 radical (unpaired) electrons. The Bertz CT molecular complexity index is 1350. The predicted molar refractivity (Wildman–Crippen MR) is 132 cm³/mol. The monoisotopic (exact) mass is 466 g/mol. The highest BCUT2D eigenvalue weighted by atomic mass is 16.2. The van der Waals surface area contributed by atoms with Gasteiger partial charge in [-0.1, -0.05) is 36.4 Å². The summed E-state index contributed by atoms with van der Waals surface area (Å²) in [6.45, 7) is 4.88. The van der Waals surface area contributed by atoms with Crippen LogP contribution >= 0.6 is 0 Å². The number of anilines is 1. The van der Waals surface area contributed by atoms with Crippen LogP contribution < -0.4 is 10.2 Å². The Hall–Kier alpha value is -4.33. The fourth-order valence-corrected chi connectivity index (χ4v) is 4.22. The Labute approximate surface area is 203 Å². The summed E-state index contributed by atoms with van der Waals surface area (Å²) in [5, 5.41) is 7.63. The van der Waals surface area contributed by atoms with Crippen LogP contribution in [0, 0.1) is 0 Å². The number of hydrogen-bond acceptors (Lipinski definition) is 5. The number of carbonyl (C=O) groups excluding carboxylic acids is 2. The summed E-state index contributed by atoms with van der Waals surface area (Å²) in [6, 6.07) is 20.6. The largest absolute Gasteiger partial charge is 0.348 e. The van der Waals surface area contributed by atoms with Crippen LogP contribution in [0.3, 0.4) is 0 Å². The number of benzene rings is 2. The van der Waals surface area contributed by atoms with Crippen molar-refractivity contribution >= 4 is 17.5 Å². The molecule has 176 valence electrons. The molecule has 0 bridgehead atoms. The van der Waals surface area contributed by atoms with Crippen molar-refractivity contribution in [2.75, 3.05) is 11.4 Å². The maximum absolute atomic E-state index is 13.3. The van der Waals surface area contributed by atoms with Crippen LogP contribution in [0.5, 0.6) is 0 Å². The second-order valence-corrected chi connectivity index (χ2v) is 8.80. The summed E-state index contributed by atoms with van der Waals surface area (Å²) >= 11 is 0. The van der Waals surface area contributed by atoms with Crippen LogP contribution in [-0.2, 0) is 6.54 Å². The maximum Gasteiger partial charge on any atom is 0.276 e. The lowest BCUT2D eigenvalue weighted by Crippen LogP contribution is -2.30. The van der Waals surface area contributed by atoms with Crippen molar-refractivity contribution in [1.29, 1.82) is 0 Å². The quantitative estimate of drug-likeness (QED) is 0.464. The molecule has 0 saturated heterocycles. The van der Waals surface area contributed by atoms with Crippen molar-refractivity contribution < 1.29 is 9.59 Å². The van der Waals surface area contributed by atoms with E-state index in [-0.39, 0.29) is 23.8 Å². The van der Waals surface area contributed by atoms with Crippen LogP contribution in [-0.4, -0.2) is 38.1 Å². The third kappa shape index (κ3) is 4.55. The van der Waals surface area contributed by atoms with Crippen molar-refractivity contribution in [3.8, 4) is 0 Å². The number of fused-ring (bicyclic) bond motifs is 1. The van der Waals surface area contributed by atoms with Gasteiger partial charge in [0.15, 0.2) is 5.82 Å². The number of rotatable bonds is 6. The van der Waals surface area contributed by atoms with Crippen LogP contribution in [0.25, 0.3) is 0 Å². The van der Waals surface area contributed by atoms with Gasteiger partial charge in [-0.05, 0) is 55.3 Å². The summed E-state index contributed by atoms with van der Waals surface area (Å²) in [6.07, 6.45) is 3.31. The molecule has 5 rings (SSSR count). The molecule has 35 heavy (non-hydrogen) atoms. The topological polar surface area (TPSA) is 93.0 Å². The van der Waals surface area contributed by atoms with E-state index in [2.05, 4.69) is 20.4 Å². The molecule has 1 N–H and O–H groups in total. The van der Waals surface area contributed by atoms with E-state index in [0.717, 1.165) is 16.8 Å². The van der Waals surface area contributed by atoms with Crippen molar-refractivity contribution in [2.24, 2.45) is 0 Å². The fraction of sp³-hybridized carbons (Fsp3) is 0.222. The molecule has 1 aliphatic rings. The lowest BCUT2D eigenvalue weighted by atomic mass is 9.98. The highest BCUT2D eigenvalue weighted by molar-refractivity contribution is 6.07. The van der Waals surface area contributed by atoms with E-state index in [4.69, 9.17) is 0 Å². The minimum atomic E-state index is -0.250. The Balaban J connectivity index is 1.47. The summed E-state index contributed by atoms with van der Waals surface area (Å²) < 4.78 is 1.80. The van der Waals surface area contributed by atoms with Gasteiger partial charge in [-0.15, -0.1) is 0 Å². The van der Waals surface area contributed by atoms with E-state index in [1.54, 1.807) is 46.4 Å². The molecule has 0 spiro atoms. The third-order valence-electron chi connectivity index (χ3n) is 6.11. The molecule has 0 saturated carbocycles. The molecule has 2 aromatic heterocycles. The van der Waals surface area contributed by atoms with Gasteiger partial charge in [-0.25, -0.2) is 4.98 Å². The van der Waals surface area contributed by atoms with Crippen molar-refractivity contribution in [2.45, 2.75) is 32.4 Å². The van der Waals surface area contributed by atoms with E-state index in [1.807, 2.05) is 56.3 Å². The molecule has 0 aliphatic carbocycles. The molecule has 4 aromatic rings. The van der Waals surface area contributed by atoms with Crippen molar-refractivity contribution in [1.82, 2.24) is 25.1 Å². The number of aromatic nitrogens is 4. The molecule has 1 atom stereocenters. The standard InChI is InChI=1S/C27H26N6O2/c1-18(2)33-17-30-25(31-33)22-16-32(27(35)23-10-6-7-13-28-23)24-12-11-20(14-21(22)24)26(34)29-15-19-8-4-3-5-9-19/h3-14,17-18,22H,15-16H2,1-2H3,(H,29,34)/t22-/m1/s1. The molecule has 1 aliphatic heterocycles. The molecule has 3 heterocycles. The van der Waals surface area contributed by atoms with E-state index in [1.165, 1.54) is 0 Å². The maximum atomic E-state index is 13.3. The molecule has 8 nitrogen and oxygen atoms in total. The average Bonchev–Trinajstić information content (AvgIpc) is 3.53. The molecule has 2 amide bonds. The zero-order chi connectivity index (χ0) is 24.4. The highest BCUT2D eigenvalue weighted by Crippen LogP contribution is 2.40. The second kappa shape index (κ2) is 9.50. The van der Waals surface area contributed by atoms with E-state index in [9.17, 15) is 9.59 Å². The third-order valence-corrected chi connectivity index (χ3v) is 6.11. The van der Waals surface area contributed by atoms with Gasteiger partial charge < -0.3 is 10.2 Å². The lowest BCUT2D eigenvalue weighted by molar-refractivity contribution is 0.0949. The second-order valence-electron chi connectivity index (χ2n) is 8.80. The van der Waals surface area contributed by atoms with Gasteiger partial charge in [-0.3, -0.25) is 19.3 Å². The van der Waals surface area contributed by atoms with E-state index < -0.39 is 0 Å². The number of carbonyl (C=O) groups is 2. The summed E-state index contributed by atoms with van der Waals surface area (Å²) in [4.78, 5) is 36.7. The Kier molecular flexibility index (Phi) is 6.10.